The Bertz CT molecular complexity index is 1610. The van der Waals surface area contributed by atoms with E-state index in [4.69, 9.17) is 9.47 Å². The molecule has 0 saturated carbocycles. The van der Waals surface area contributed by atoms with Crippen molar-refractivity contribution in [1.82, 2.24) is 5.32 Å². The van der Waals surface area contributed by atoms with Crippen molar-refractivity contribution in [2.75, 3.05) is 31.3 Å². The predicted octanol–water partition coefficient (Wildman–Crippen LogP) is 4.59. The smallest absolute Gasteiger partial charge is 0.416 e. The number of halogens is 3. The number of hydrogen-bond acceptors (Lipinski definition) is 7. The molecule has 222 valence electrons. The second kappa shape index (κ2) is 12.4. The Kier molecular flexibility index (Phi) is 9.59. The van der Waals surface area contributed by atoms with Gasteiger partial charge in [0.15, 0.2) is 21.3 Å². The van der Waals surface area contributed by atoms with Crippen molar-refractivity contribution in [1.29, 1.82) is 0 Å². The van der Waals surface area contributed by atoms with E-state index in [0.29, 0.717) is 22.4 Å². The van der Waals surface area contributed by atoms with Gasteiger partial charge in [0, 0.05) is 12.3 Å². The molecule has 0 aromatic heterocycles. The first kappa shape index (κ1) is 31.7. The summed E-state index contributed by atoms with van der Waals surface area (Å²) in [7, 11) is -5.40. The average molecular weight is 615 g/mol. The Balaban J connectivity index is 2.01. The Morgan fingerprint density at radius 3 is 2.05 bits per heavy atom. The van der Waals surface area contributed by atoms with Crippen molar-refractivity contribution in [2.24, 2.45) is 0 Å². The van der Waals surface area contributed by atoms with Gasteiger partial charge in [-0.05, 0) is 54.4 Å². The van der Waals surface area contributed by atoms with E-state index in [2.05, 4.69) is 5.32 Å². The number of hydrogen-bond donors (Lipinski definition) is 1. The molecule has 0 aliphatic rings. The van der Waals surface area contributed by atoms with Gasteiger partial charge in [0.05, 0.1) is 41.3 Å². The summed E-state index contributed by atoms with van der Waals surface area (Å²) in [6, 6.07) is 12.5. The van der Waals surface area contributed by atoms with Gasteiger partial charge in [-0.15, -0.1) is 0 Å². The van der Waals surface area contributed by atoms with Crippen LogP contribution in [-0.2, 0) is 30.8 Å². The summed E-state index contributed by atoms with van der Waals surface area (Å²) >= 11 is 0. The lowest BCUT2D eigenvalue weighted by molar-refractivity contribution is -0.137. The third kappa shape index (κ3) is 7.50. The Morgan fingerprint density at radius 1 is 0.902 bits per heavy atom. The van der Waals surface area contributed by atoms with Crippen molar-refractivity contribution in [3.05, 3.63) is 77.9 Å². The molecule has 41 heavy (non-hydrogen) atoms. The van der Waals surface area contributed by atoms with E-state index in [0.717, 1.165) is 30.5 Å². The number of amides is 1. The largest absolute Gasteiger partial charge is 0.493 e. The zero-order chi connectivity index (χ0) is 30.6. The number of anilines is 1. The average Bonchev–Trinajstić information content (AvgIpc) is 2.93. The van der Waals surface area contributed by atoms with Crippen LogP contribution < -0.4 is 19.1 Å². The van der Waals surface area contributed by atoms with Crippen molar-refractivity contribution < 1.29 is 44.3 Å². The maximum absolute atomic E-state index is 13.8. The molecule has 0 radical (unpaired) electrons. The fraction of sp³-hybridized carbons (Fsp3) is 0.296. The van der Waals surface area contributed by atoms with Gasteiger partial charge in [0.1, 0.15) is 6.54 Å². The molecular weight excluding hydrogens is 585 g/mol. The molecule has 3 aromatic carbocycles. The van der Waals surface area contributed by atoms with Gasteiger partial charge in [0.25, 0.3) is 10.0 Å². The normalized spacial score (nSPS) is 12.9. The maximum atomic E-state index is 13.8. The number of ether oxygens (including phenoxy) is 2. The highest BCUT2D eigenvalue weighted by Gasteiger charge is 2.34. The van der Waals surface area contributed by atoms with Crippen LogP contribution in [0.15, 0.2) is 76.5 Å². The van der Waals surface area contributed by atoms with Crippen LogP contribution in [0.4, 0.5) is 18.9 Å². The van der Waals surface area contributed by atoms with Crippen LogP contribution in [-0.4, -0.2) is 49.8 Å². The van der Waals surface area contributed by atoms with Crippen LogP contribution in [0.25, 0.3) is 0 Å². The zero-order valence-corrected chi connectivity index (χ0v) is 24.2. The topological polar surface area (TPSA) is 119 Å². The van der Waals surface area contributed by atoms with E-state index < -0.39 is 50.1 Å². The first-order valence-corrected chi connectivity index (χ1v) is 15.5. The number of nitrogens with one attached hydrogen (secondary N) is 1. The standard InChI is InChI=1S/C27H29F3N2O7S2/c1-5-23(18-9-11-21(12-10-18)40(4,34)35)31-26(33)17-32(20-8-6-7-19(15-20)27(28,29)30)41(36,37)22-13-14-24(38-2)25(16-22)39-3/h6-16,23H,5,17H2,1-4H3,(H,31,33). The second-order valence-electron chi connectivity index (χ2n) is 8.95. The minimum absolute atomic E-state index is 0.0607. The van der Waals surface area contributed by atoms with Crippen molar-refractivity contribution in [3.63, 3.8) is 0 Å². The fourth-order valence-corrected chi connectivity index (χ4v) is 6.05. The van der Waals surface area contributed by atoms with Crippen LogP contribution in [0.1, 0.15) is 30.5 Å². The van der Waals surface area contributed by atoms with Crippen LogP contribution in [0.2, 0.25) is 0 Å². The maximum Gasteiger partial charge on any atom is 0.416 e. The molecule has 0 bridgehead atoms. The highest BCUT2D eigenvalue weighted by Crippen LogP contribution is 2.35. The Hall–Kier alpha value is -3.78. The molecule has 1 N–H and O–H groups in total. The van der Waals surface area contributed by atoms with E-state index >= 15 is 0 Å². The van der Waals surface area contributed by atoms with Crippen molar-refractivity contribution in [2.45, 2.75) is 35.4 Å². The third-order valence-corrected chi connectivity index (χ3v) is 9.04. The third-order valence-electron chi connectivity index (χ3n) is 6.15. The van der Waals surface area contributed by atoms with E-state index in [-0.39, 0.29) is 27.0 Å². The molecule has 3 aromatic rings. The molecule has 14 heteroatoms. The minimum atomic E-state index is -4.76. The molecule has 0 heterocycles. The lowest BCUT2D eigenvalue weighted by Gasteiger charge is -2.26. The van der Waals surface area contributed by atoms with E-state index in [1.54, 1.807) is 6.92 Å². The molecule has 1 amide bonds. The fourth-order valence-electron chi connectivity index (χ4n) is 4.00. The lowest BCUT2D eigenvalue weighted by Crippen LogP contribution is -2.42. The highest BCUT2D eigenvalue weighted by atomic mass is 32.2. The van der Waals surface area contributed by atoms with Gasteiger partial charge in [-0.25, -0.2) is 16.8 Å². The zero-order valence-electron chi connectivity index (χ0n) is 22.6. The number of sulfone groups is 1. The molecule has 0 saturated heterocycles. The number of carbonyl (C=O) groups is 1. The van der Waals surface area contributed by atoms with Gasteiger partial charge >= 0.3 is 6.18 Å². The number of alkyl halides is 3. The summed E-state index contributed by atoms with van der Waals surface area (Å²) in [5, 5.41) is 2.69. The van der Waals surface area contributed by atoms with Crippen molar-refractivity contribution >= 4 is 31.5 Å². The molecule has 0 aliphatic heterocycles. The van der Waals surface area contributed by atoms with Gasteiger partial charge in [0.2, 0.25) is 5.91 Å². The van der Waals surface area contributed by atoms with E-state index in [9.17, 15) is 34.8 Å². The van der Waals surface area contributed by atoms with Crippen molar-refractivity contribution in [3.8, 4) is 11.5 Å². The number of methoxy groups -OCH3 is 2. The molecule has 3 rings (SSSR count). The van der Waals surface area contributed by atoms with Crippen LogP contribution in [0, 0.1) is 0 Å². The first-order valence-electron chi connectivity index (χ1n) is 12.1. The molecule has 0 spiro atoms. The highest BCUT2D eigenvalue weighted by molar-refractivity contribution is 7.93. The lowest BCUT2D eigenvalue weighted by atomic mass is 10.0. The molecular formula is C27H29F3N2O7S2. The molecule has 1 unspecified atom stereocenters. The molecule has 1 atom stereocenters. The Morgan fingerprint density at radius 2 is 1.51 bits per heavy atom. The summed E-state index contributed by atoms with van der Waals surface area (Å²) in [6.45, 7) is 0.899. The van der Waals surface area contributed by atoms with Gasteiger partial charge in [-0.2, -0.15) is 13.2 Å². The quantitative estimate of drug-likeness (QED) is 0.336. The number of nitrogens with zero attached hydrogens (tertiary/aromatic N) is 1. The molecule has 0 fully saturated rings. The van der Waals surface area contributed by atoms with Crippen LogP contribution in [0.3, 0.4) is 0 Å². The summed E-state index contributed by atoms with van der Waals surface area (Å²) in [4.78, 5) is 12.9. The van der Waals surface area contributed by atoms with Gasteiger partial charge in [-0.3, -0.25) is 9.10 Å². The van der Waals surface area contributed by atoms with E-state index in [1.807, 2.05) is 0 Å². The van der Waals surface area contributed by atoms with Gasteiger partial charge < -0.3 is 14.8 Å². The predicted molar refractivity (Wildman–Crippen MR) is 146 cm³/mol. The number of rotatable bonds is 11. The van der Waals surface area contributed by atoms with Gasteiger partial charge in [-0.1, -0.05) is 25.1 Å². The SMILES string of the molecule is CCC(NC(=O)CN(c1cccc(C(F)(F)F)c1)S(=O)(=O)c1ccc(OC)c(OC)c1)c1ccc(S(C)(=O)=O)cc1. The molecule has 0 aliphatic carbocycles. The first-order chi connectivity index (χ1) is 19.1. The van der Waals surface area contributed by atoms with E-state index in [1.165, 1.54) is 50.6 Å². The van der Waals surface area contributed by atoms with Crippen LogP contribution in [0.5, 0.6) is 11.5 Å². The monoisotopic (exact) mass is 614 g/mol. The Labute approximate surface area is 236 Å². The number of sulfonamides is 1. The second-order valence-corrected chi connectivity index (χ2v) is 12.8. The summed E-state index contributed by atoms with van der Waals surface area (Å²) in [6.07, 6.45) is -3.35. The number of carbonyl (C=O) groups excluding carboxylic acids is 1. The summed E-state index contributed by atoms with van der Waals surface area (Å²) in [5.41, 5.74) is -0.919. The van der Waals surface area contributed by atoms with Crippen LogP contribution >= 0.6 is 0 Å². The minimum Gasteiger partial charge on any atom is -0.493 e. The summed E-state index contributed by atoms with van der Waals surface area (Å²) < 4.78 is 102. The number of benzene rings is 3. The molecule has 9 nitrogen and oxygen atoms in total. The summed E-state index contributed by atoms with van der Waals surface area (Å²) in [5.74, 6) is -0.515.